The third-order valence-corrected chi connectivity index (χ3v) is 4.18. The SMILES string of the molecule is Cc1cc(-c2nc(C(=O)c3cccc(O)c3)cs2)ccc1O. The standard InChI is InChI=1S/C17H13NO3S/c1-10-7-12(5-6-15(10)20)17-18-14(9-22-17)16(21)11-3-2-4-13(19)8-11/h2-9,19-20H,1H3. The highest BCUT2D eigenvalue weighted by Gasteiger charge is 2.14. The molecule has 2 aromatic carbocycles. The Bertz CT molecular complexity index is 855. The van der Waals surface area contributed by atoms with Crippen molar-refractivity contribution in [3.8, 4) is 22.1 Å². The van der Waals surface area contributed by atoms with Gasteiger partial charge in [0.05, 0.1) is 0 Å². The summed E-state index contributed by atoms with van der Waals surface area (Å²) in [6, 6.07) is 11.4. The molecule has 3 aromatic rings. The smallest absolute Gasteiger partial charge is 0.212 e. The number of thiazole rings is 1. The molecule has 0 aliphatic heterocycles. The topological polar surface area (TPSA) is 70.4 Å². The zero-order chi connectivity index (χ0) is 15.7. The van der Waals surface area contributed by atoms with E-state index in [2.05, 4.69) is 4.98 Å². The van der Waals surface area contributed by atoms with Crippen molar-refractivity contribution in [2.24, 2.45) is 0 Å². The molecule has 22 heavy (non-hydrogen) atoms. The van der Waals surface area contributed by atoms with E-state index in [1.165, 1.54) is 23.5 Å². The maximum Gasteiger partial charge on any atom is 0.212 e. The van der Waals surface area contributed by atoms with E-state index in [1.54, 1.807) is 29.6 Å². The molecule has 1 heterocycles. The molecule has 0 bridgehead atoms. The van der Waals surface area contributed by atoms with Crippen LogP contribution in [0.15, 0.2) is 47.8 Å². The number of nitrogens with zero attached hydrogens (tertiary/aromatic N) is 1. The minimum atomic E-state index is -0.228. The molecule has 3 rings (SSSR count). The summed E-state index contributed by atoms with van der Waals surface area (Å²) in [5.74, 6) is 0.0562. The number of carbonyl (C=O) groups excluding carboxylic acids is 1. The summed E-state index contributed by atoms with van der Waals surface area (Å²) in [7, 11) is 0. The van der Waals surface area contributed by atoms with Gasteiger partial charge in [0.2, 0.25) is 5.78 Å². The van der Waals surface area contributed by atoms with Crippen molar-refractivity contribution in [1.82, 2.24) is 4.98 Å². The van der Waals surface area contributed by atoms with Gasteiger partial charge in [-0.25, -0.2) is 4.98 Å². The highest BCUT2D eigenvalue weighted by atomic mass is 32.1. The van der Waals surface area contributed by atoms with Crippen LogP contribution in [-0.4, -0.2) is 21.0 Å². The van der Waals surface area contributed by atoms with Crippen LogP contribution in [0.3, 0.4) is 0 Å². The Morgan fingerprint density at radius 3 is 2.68 bits per heavy atom. The van der Waals surface area contributed by atoms with Gasteiger partial charge in [-0.1, -0.05) is 12.1 Å². The van der Waals surface area contributed by atoms with E-state index in [-0.39, 0.29) is 17.3 Å². The number of hydrogen-bond donors (Lipinski definition) is 2. The Labute approximate surface area is 131 Å². The second kappa shape index (κ2) is 5.61. The molecule has 0 aliphatic rings. The van der Waals surface area contributed by atoms with Gasteiger partial charge in [0.1, 0.15) is 22.2 Å². The lowest BCUT2D eigenvalue weighted by Gasteiger charge is -2.01. The van der Waals surface area contributed by atoms with Gasteiger partial charge in [-0.05, 0) is 42.8 Å². The van der Waals surface area contributed by atoms with Crippen LogP contribution in [0, 0.1) is 6.92 Å². The first-order valence-corrected chi connectivity index (χ1v) is 7.52. The quantitative estimate of drug-likeness (QED) is 0.723. The summed E-state index contributed by atoms with van der Waals surface area (Å²) in [4.78, 5) is 16.7. The number of rotatable bonds is 3. The fourth-order valence-electron chi connectivity index (χ4n) is 2.09. The van der Waals surface area contributed by atoms with Crippen LogP contribution in [0.2, 0.25) is 0 Å². The molecule has 0 aliphatic carbocycles. The summed E-state index contributed by atoms with van der Waals surface area (Å²) in [6.07, 6.45) is 0. The fraction of sp³-hybridized carbons (Fsp3) is 0.0588. The largest absolute Gasteiger partial charge is 0.508 e. The van der Waals surface area contributed by atoms with Crippen molar-refractivity contribution < 1.29 is 15.0 Å². The molecule has 2 N–H and O–H groups in total. The van der Waals surface area contributed by atoms with Gasteiger partial charge in [-0.2, -0.15) is 0 Å². The second-order valence-electron chi connectivity index (χ2n) is 4.92. The van der Waals surface area contributed by atoms with Crippen LogP contribution in [0.25, 0.3) is 10.6 Å². The Balaban J connectivity index is 1.93. The third-order valence-electron chi connectivity index (χ3n) is 3.29. The monoisotopic (exact) mass is 311 g/mol. The van der Waals surface area contributed by atoms with E-state index in [4.69, 9.17) is 0 Å². The maximum absolute atomic E-state index is 12.4. The van der Waals surface area contributed by atoms with E-state index < -0.39 is 0 Å². The summed E-state index contributed by atoms with van der Waals surface area (Å²) in [6.45, 7) is 1.81. The normalized spacial score (nSPS) is 10.6. The summed E-state index contributed by atoms with van der Waals surface area (Å²) in [5, 5.41) is 21.4. The fourth-order valence-corrected chi connectivity index (χ4v) is 2.89. The molecule has 0 radical (unpaired) electrons. The number of hydrogen-bond acceptors (Lipinski definition) is 5. The number of aromatic hydroxyl groups is 2. The van der Waals surface area contributed by atoms with E-state index in [0.717, 1.165) is 11.1 Å². The lowest BCUT2D eigenvalue weighted by molar-refractivity contribution is 0.103. The van der Waals surface area contributed by atoms with Gasteiger partial charge < -0.3 is 10.2 Å². The predicted octanol–water partition coefficient (Wildman–Crippen LogP) is 3.76. The maximum atomic E-state index is 12.4. The summed E-state index contributed by atoms with van der Waals surface area (Å²) < 4.78 is 0. The van der Waals surface area contributed by atoms with Crippen molar-refractivity contribution in [2.75, 3.05) is 0 Å². The summed E-state index contributed by atoms with van der Waals surface area (Å²) >= 11 is 1.37. The van der Waals surface area contributed by atoms with Crippen molar-refractivity contribution in [3.63, 3.8) is 0 Å². The number of ketones is 1. The van der Waals surface area contributed by atoms with Gasteiger partial charge in [-0.15, -0.1) is 11.3 Å². The van der Waals surface area contributed by atoms with E-state index in [0.29, 0.717) is 16.3 Å². The lowest BCUT2D eigenvalue weighted by Crippen LogP contribution is -2.01. The van der Waals surface area contributed by atoms with Crippen LogP contribution in [0.4, 0.5) is 0 Å². The van der Waals surface area contributed by atoms with Crippen LogP contribution < -0.4 is 0 Å². The predicted molar refractivity (Wildman–Crippen MR) is 85.5 cm³/mol. The molecule has 110 valence electrons. The van der Waals surface area contributed by atoms with Gasteiger partial charge in [0, 0.05) is 16.5 Å². The first-order chi connectivity index (χ1) is 10.5. The number of carbonyl (C=O) groups is 1. The first-order valence-electron chi connectivity index (χ1n) is 6.64. The molecule has 0 atom stereocenters. The Morgan fingerprint density at radius 1 is 1.14 bits per heavy atom. The second-order valence-corrected chi connectivity index (χ2v) is 5.78. The van der Waals surface area contributed by atoms with E-state index in [9.17, 15) is 15.0 Å². The zero-order valence-corrected chi connectivity index (χ0v) is 12.6. The van der Waals surface area contributed by atoms with Crippen LogP contribution in [-0.2, 0) is 0 Å². The van der Waals surface area contributed by atoms with E-state index >= 15 is 0 Å². The molecule has 0 fully saturated rings. The number of aromatic nitrogens is 1. The third kappa shape index (κ3) is 2.71. The molecular weight excluding hydrogens is 298 g/mol. The molecule has 0 unspecified atom stereocenters. The Morgan fingerprint density at radius 2 is 1.95 bits per heavy atom. The number of aryl methyl sites for hydroxylation is 1. The molecule has 0 spiro atoms. The lowest BCUT2D eigenvalue weighted by atomic mass is 10.1. The van der Waals surface area contributed by atoms with Gasteiger partial charge in [0.15, 0.2) is 0 Å². The number of phenols is 2. The minimum Gasteiger partial charge on any atom is -0.508 e. The molecule has 0 saturated carbocycles. The van der Waals surface area contributed by atoms with Crippen LogP contribution in [0.5, 0.6) is 11.5 Å². The number of benzene rings is 2. The zero-order valence-electron chi connectivity index (χ0n) is 11.8. The molecule has 1 aromatic heterocycles. The van der Waals surface area contributed by atoms with Gasteiger partial charge in [0.25, 0.3) is 0 Å². The van der Waals surface area contributed by atoms with E-state index in [1.807, 2.05) is 13.0 Å². The number of phenolic OH excluding ortho intramolecular Hbond substituents is 2. The highest BCUT2D eigenvalue weighted by molar-refractivity contribution is 7.13. The van der Waals surface area contributed by atoms with Crippen LogP contribution in [0.1, 0.15) is 21.6 Å². The van der Waals surface area contributed by atoms with Crippen LogP contribution >= 0.6 is 11.3 Å². The summed E-state index contributed by atoms with van der Waals surface area (Å²) in [5.41, 5.74) is 2.36. The minimum absolute atomic E-state index is 0.0514. The molecular formula is C17H13NO3S. The van der Waals surface area contributed by atoms with Crippen molar-refractivity contribution in [3.05, 3.63) is 64.7 Å². The molecule has 5 heteroatoms. The van der Waals surface area contributed by atoms with Crippen molar-refractivity contribution in [2.45, 2.75) is 6.92 Å². The highest BCUT2D eigenvalue weighted by Crippen LogP contribution is 2.28. The van der Waals surface area contributed by atoms with Gasteiger partial charge >= 0.3 is 0 Å². The average Bonchev–Trinajstić information content (AvgIpc) is 2.99. The Kier molecular flexibility index (Phi) is 3.65. The van der Waals surface area contributed by atoms with Crippen molar-refractivity contribution in [1.29, 1.82) is 0 Å². The molecule has 4 nitrogen and oxygen atoms in total. The average molecular weight is 311 g/mol. The molecule has 0 saturated heterocycles. The molecule has 0 amide bonds. The first kappa shape index (κ1) is 14.3. The Hall–Kier alpha value is -2.66. The van der Waals surface area contributed by atoms with Gasteiger partial charge in [-0.3, -0.25) is 4.79 Å². The van der Waals surface area contributed by atoms with Crippen molar-refractivity contribution >= 4 is 17.1 Å².